The molecule has 0 atom stereocenters. The second kappa shape index (κ2) is 4.62. The maximum absolute atomic E-state index is 11.7. The van der Waals surface area contributed by atoms with Gasteiger partial charge in [-0.15, -0.1) is 0 Å². The standard InChI is InChI=1S/C13H16N4O/c1-13(2,14)12(18)16-10-4-6-11(7-5-10)17-9-3-8-15-17/h3-9H,14H2,1-2H3,(H,16,18). The van der Waals surface area contributed by atoms with Crippen LogP contribution in [0.1, 0.15) is 13.8 Å². The smallest absolute Gasteiger partial charge is 0.243 e. The molecule has 0 spiro atoms. The van der Waals surface area contributed by atoms with Gasteiger partial charge < -0.3 is 11.1 Å². The SMILES string of the molecule is CC(C)(N)C(=O)Nc1ccc(-n2cccn2)cc1. The van der Waals surface area contributed by atoms with Crippen LogP contribution < -0.4 is 11.1 Å². The van der Waals surface area contributed by atoms with Crippen molar-refractivity contribution in [2.75, 3.05) is 5.32 Å². The Balaban J connectivity index is 2.12. The van der Waals surface area contributed by atoms with Crippen LogP contribution in [0.2, 0.25) is 0 Å². The van der Waals surface area contributed by atoms with Gasteiger partial charge in [0.1, 0.15) is 0 Å². The van der Waals surface area contributed by atoms with Crippen molar-refractivity contribution < 1.29 is 4.79 Å². The van der Waals surface area contributed by atoms with E-state index in [2.05, 4.69) is 10.4 Å². The third-order valence-corrected chi connectivity index (χ3v) is 2.48. The summed E-state index contributed by atoms with van der Waals surface area (Å²) in [6.45, 7) is 3.33. The van der Waals surface area contributed by atoms with E-state index in [0.717, 1.165) is 11.4 Å². The Kier molecular flexibility index (Phi) is 3.16. The van der Waals surface area contributed by atoms with Gasteiger partial charge in [0.2, 0.25) is 5.91 Å². The molecule has 1 aromatic heterocycles. The minimum atomic E-state index is -0.888. The molecule has 0 aliphatic rings. The van der Waals surface area contributed by atoms with Gasteiger partial charge in [-0.2, -0.15) is 5.10 Å². The summed E-state index contributed by atoms with van der Waals surface area (Å²) in [6.07, 6.45) is 3.57. The van der Waals surface area contributed by atoms with Crippen LogP contribution in [0.4, 0.5) is 5.69 Å². The molecule has 0 saturated carbocycles. The number of nitrogens with zero attached hydrogens (tertiary/aromatic N) is 2. The maximum Gasteiger partial charge on any atom is 0.243 e. The highest BCUT2D eigenvalue weighted by atomic mass is 16.2. The number of nitrogens with two attached hydrogens (primary N) is 1. The van der Waals surface area contributed by atoms with E-state index in [4.69, 9.17) is 5.73 Å². The molecule has 1 heterocycles. The highest BCUT2D eigenvalue weighted by Gasteiger charge is 2.21. The summed E-state index contributed by atoms with van der Waals surface area (Å²) in [7, 11) is 0. The predicted molar refractivity (Wildman–Crippen MR) is 70.5 cm³/mol. The zero-order valence-electron chi connectivity index (χ0n) is 10.4. The van der Waals surface area contributed by atoms with Crippen LogP contribution in [0.25, 0.3) is 5.69 Å². The number of hydrogen-bond donors (Lipinski definition) is 2. The summed E-state index contributed by atoms with van der Waals surface area (Å²) < 4.78 is 1.75. The van der Waals surface area contributed by atoms with Crippen molar-refractivity contribution in [2.24, 2.45) is 5.73 Å². The van der Waals surface area contributed by atoms with Crippen LogP contribution in [0.15, 0.2) is 42.7 Å². The lowest BCUT2D eigenvalue weighted by Crippen LogP contribution is -2.45. The van der Waals surface area contributed by atoms with Gasteiger partial charge in [-0.05, 0) is 44.2 Å². The fourth-order valence-corrected chi connectivity index (χ4v) is 1.41. The highest BCUT2D eigenvalue weighted by Crippen LogP contribution is 2.13. The third kappa shape index (κ3) is 2.75. The molecule has 0 fully saturated rings. The molecule has 0 saturated heterocycles. The van der Waals surface area contributed by atoms with E-state index in [0.29, 0.717) is 0 Å². The lowest BCUT2D eigenvalue weighted by atomic mass is 10.1. The van der Waals surface area contributed by atoms with Crippen LogP contribution in [0, 0.1) is 0 Å². The minimum absolute atomic E-state index is 0.214. The Morgan fingerprint density at radius 2 is 2.00 bits per heavy atom. The lowest BCUT2D eigenvalue weighted by Gasteiger charge is -2.17. The fraction of sp³-hybridized carbons (Fsp3) is 0.231. The molecule has 0 radical (unpaired) electrons. The van der Waals surface area contributed by atoms with Gasteiger partial charge >= 0.3 is 0 Å². The van der Waals surface area contributed by atoms with Gasteiger partial charge in [-0.3, -0.25) is 4.79 Å². The maximum atomic E-state index is 11.7. The zero-order chi connectivity index (χ0) is 13.2. The van der Waals surface area contributed by atoms with Crippen molar-refractivity contribution in [3.63, 3.8) is 0 Å². The Morgan fingerprint density at radius 3 is 2.50 bits per heavy atom. The lowest BCUT2D eigenvalue weighted by molar-refractivity contribution is -0.120. The summed E-state index contributed by atoms with van der Waals surface area (Å²) in [6, 6.07) is 9.26. The van der Waals surface area contributed by atoms with E-state index in [1.807, 2.05) is 36.5 Å². The molecule has 2 aromatic rings. The van der Waals surface area contributed by atoms with Gasteiger partial charge in [0.15, 0.2) is 0 Å². The Hall–Kier alpha value is -2.14. The van der Waals surface area contributed by atoms with Gasteiger partial charge in [-0.25, -0.2) is 4.68 Å². The molecular weight excluding hydrogens is 228 g/mol. The molecule has 5 nitrogen and oxygen atoms in total. The number of benzene rings is 1. The summed E-state index contributed by atoms with van der Waals surface area (Å²) in [5.41, 5.74) is 6.47. The number of hydrogen-bond acceptors (Lipinski definition) is 3. The van der Waals surface area contributed by atoms with E-state index in [1.165, 1.54) is 0 Å². The van der Waals surface area contributed by atoms with Gasteiger partial charge in [-0.1, -0.05) is 0 Å². The highest BCUT2D eigenvalue weighted by molar-refractivity contribution is 5.97. The van der Waals surface area contributed by atoms with E-state index >= 15 is 0 Å². The zero-order valence-corrected chi connectivity index (χ0v) is 10.4. The average Bonchev–Trinajstić information content (AvgIpc) is 2.82. The van der Waals surface area contributed by atoms with Crippen LogP contribution in [0.3, 0.4) is 0 Å². The van der Waals surface area contributed by atoms with Gasteiger partial charge in [0, 0.05) is 18.1 Å². The third-order valence-electron chi connectivity index (χ3n) is 2.48. The van der Waals surface area contributed by atoms with E-state index in [1.54, 1.807) is 24.7 Å². The first-order valence-electron chi connectivity index (χ1n) is 5.67. The Bertz CT molecular complexity index is 523. The first-order chi connectivity index (χ1) is 8.47. The van der Waals surface area contributed by atoms with Gasteiger partial charge in [0.25, 0.3) is 0 Å². The molecule has 1 amide bonds. The number of anilines is 1. The molecule has 3 N–H and O–H groups in total. The normalized spacial score (nSPS) is 11.3. The molecule has 0 aliphatic carbocycles. The number of carbonyl (C=O) groups excluding carboxylic acids is 1. The molecule has 18 heavy (non-hydrogen) atoms. The van der Waals surface area contributed by atoms with Crippen molar-refractivity contribution in [1.82, 2.24) is 9.78 Å². The largest absolute Gasteiger partial charge is 0.325 e. The van der Waals surface area contributed by atoms with Crippen molar-refractivity contribution >= 4 is 11.6 Å². The second-order valence-corrected chi connectivity index (χ2v) is 4.67. The van der Waals surface area contributed by atoms with Crippen LogP contribution in [0.5, 0.6) is 0 Å². The van der Waals surface area contributed by atoms with E-state index in [9.17, 15) is 4.79 Å². The Labute approximate surface area is 106 Å². The van der Waals surface area contributed by atoms with Gasteiger partial charge in [0.05, 0.1) is 11.2 Å². The van der Waals surface area contributed by atoms with Crippen LogP contribution in [-0.2, 0) is 4.79 Å². The number of rotatable bonds is 3. The molecule has 5 heteroatoms. The van der Waals surface area contributed by atoms with Crippen molar-refractivity contribution in [3.8, 4) is 5.69 Å². The quantitative estimate of drug-likeness (QED) is 0.860. The fourth-order valence-electron chi connectivity index (χ4n) is 1.41. The van der Waals surface area contributed by atoms with E-state index in [-0.39, 0.29) is 5.91 Å². The molecule has 0 unspecified atom stereocenters. The van der Waals surface area contributed by atoms with Crippen LogP contribution in [-0.4, -0.2) is 21.2 Å². The Morgan fingerprint density at radius 1 is 1.33 bits per heavy atom. The van der Waals surface area contributed by atoms with Crippen molar-refractivity contribution in [1.29, 1.82) is 0 Å². The molecule has 94 valence electrons. The second-order valence-electron chi connectivity index (χ2n) is 4.67. The van der Waals surface area contributed by atoms with E-state index < -0.39 is 5.54 Å². The average molecular weight is 244 g/mol. The summed E-state index contributed by atoms with van der Waals surface area (Å²) in [4.78, 5) is 11.7. The number of amides is 1. The van der Waals surface area contributed by atoms with Crippen molar-refractivity contribution in [2.45, 2.75) is 19.4 Å². The minimum Gasteiger partial charge on any atom is -0.325 e. The summed E-state index contributed by atoms with van der Waals surface area (Å²) in [5.74, 6) is -0.214. The molecule has 1 aromatic carbocycles. The molecular formula is C13H16N4O. The first kappa shape index (κ1) is 12.3. The summed E-state index contributed by atoms with van der Waals surface area (Å²) in [5, 5.41) is 6.89. The van der Waals surface area contributed by atoms with Crippen molar-refractivity contribution in [3.05, 3.63) is 42.7 Å². The monoisotopic (exact) mass is 244 g/mol. The number of nitrogens with one attached hydrogen (secondary N) is 1. The predicted octanol–water partition coefficient (Wildman–Crippen LogP) is 1.55. The first-order valence-corrected chi connectivity index (χ1v) is 5.67. The molecule has 2 rings (SSSR count). The molecule has 0 bridgehead atoms. The summed E-state index contributed by atoms with van der Waals surface area (Å²) >= 11 is 0. The number of aromatic nitrogens is 2. The number of carbonyl (C=O) groups is 1. The molecule has 0 aliphatic heterocycles. The van der Waals surface area contributed by atoms with Crippen LogP contribution >= 0.6 is 0 Å². The topological polar surface area (TPSA) is 72.9 Å².